The van der Waals surface area contributed by atoms with Crippen LogP contribution in [0, 0.1) is 23.7 Å². The molecule has 1 aromatic rings. The number of aliphatic hydroxyl groups is 3. The van der Waals surface area contributed by atoms with Gasteiger partial charge in [0.1, 0.15) is 24.0 Å². The van der Waals surface area contributed by atoms with Crippen LogP contribution >= 0.6 is 0 Å². The standard InChI is InChI=1S/C28H39NO8/c1-14-11-15(2)28-13-19(8-9-20(28)12-22(32)27(34)35-23(14)18(5)31)25(37-28)24(16(3)17(4)30)36-26(33)21-7-6-10-29-21/h6-11,14,16-20,22-25,29-32H,12-13H2,1-5H3/b15-11+/t14-,16-,17+,18?,19-,20?,22?,23+,24-,25-,28+/m1/s1. The van der Waals surface area contributed by atoms with E-state index in [1.54, 1.807) is 32.2 Å². The maximum absolute atomic E-state index is 12.9. The summed E-state index contributed by atoms with van der Waals surface area (Å²) in [6.45, 7) is 8.85. The lowest BCUT2D eigenvalue weighted by atomic mass is 9.69. The number of esters is 2. The van der Waals surface area contributed by atoms with Crippen molar-refractivity contribution >= 4 is 11.9 Å². The van der Waals surface area contributed by atoms with Gasteiger partial charge in [0.25, 0.3) is 0 Å². The Morgan fingerprint density at radius 1 is 1.22 bits per heavy atom. The maximum atomic E-state index is 12.9. The van der Waals surface area contributed by atoms with Gasteiger partial charge in [-0.25, -0.2) is 9.59 Å². The first-order valence-corrected chi connectivity index (χ1v) is 13.1. The van der Waals surface area contributed by atoms with Gasteiger partial charge in [-0.2, -0.15) is 0 Å². The Hall–Kier alpha value is -2.46. The minimum Gasteiger partial charge on any atom is -0.457 e. The fraction of sp³-hybridized carbons (Fsp3) is 0.643. The van der Waals surface area contributed by atoms with E-state index in [1.165, 1.54) is 0 Å². The lowest BCUT2D eigenvalue weighted by Crippen LogP contribution is -2.47. The van der Waals surface area contributed by atoms with Crippen molar-refractivity contribution in [1.82, 2.24) is 4.98 Å². The third kappa shape index (κ3) is 5.27. The number of ether oxygens (including phenoxy) is 3. The Morgan fingerprint density at radius 3 is 2.57 bits per heavy atom. The summed E-state index contributed by atoms with van der Waals surface area (Å²) in [5.74, 6) is -2.51. The van der Waals surface area contributed by atoms with Crippen LogP contribution in [-0.4, -0.2) is 74.5 Å². The summed E-state index contributed by atoms with van der Waals surface area (Å²) in [6, 6.07) is 3.34. The summed E-state index contributed by atoms with van der Waals surface area (Å²) in [4.78, 5) is 28.4. The summed E-state index contributed by atoms with van der Waals surface area (Å²) in [5, 5.41) is 31.4. The van der Waals surface area contributed by atoms with Gasteiger partial charge in [0.05, 0.1) is 17.8 Å². The Kier molecular flexibility index (Phi) is 7.99. The molecule has 1 aliphatic carbocycles. The van der Waals surface area contributed by atoms with Crippen LogP contribution in [0.3, 0.4) is 0 Å². The quantitative estimate of drug-likeness (QED) is 0.334. The molecule has 1 saturated heterocycles. The van der Waals surface area contributed by atoms with Crippen molar-refractivity contribution in [2.24, 2.45) is 23.7 Å². The second-order valence-corrected chi connectivity index (χ2v) is 11.0. The van der Waals surface area contributed by atoms with E-state index in [2.05, 4.69) is 4.98 Å². The number of nitrogens with one attached hydrogen (secondary N) is 1. The molecule has 9 nitrogen and oxygen atoms in total. The van der Waals surface area contributed by atoms with Gasteiger partial charge < -0.3 is 34.5 Å². The molecule has 37 heavy (non-hydrogen) atoms. The molecule has 0 amide bonds. The van der Waals surface area contributed by atoms with E-state index in [9.17, 15) is 24.9 Å². The largest absolute Gasteiger partial charge is 0.457 e. The number of aromatic nitrogens is 1. The summed E-state index contributed by atoms with van der Waals surface area (Å²) < 4.78 is 18.3. The third-order valence-corrected chi connectivity index (χ3v) is 8.34. The molecule has 3 aliphatic rings. The molecule has 2 bridgehead atoms. The van der Waals surface area contributed by atoms with E-state index in [-0.39, 0.29) is 24.2 Å². The lowest BCUT2D eigenvalue weighted by molar-refractivity contribution is -0.170. The van der Waals surface area contributed by atoms with Crippen LogP contribution in [0.25, 0.3) is 0 Å². The first-order chi connectivity index (χ1) is 17.4. The number of cyclic esters (lactones) is 1. The molecule has 1 aromatic heterocycles. The first kappa shape index (κ1) is 27.6. The third-order valence-electron chi connectivity index (χ3n) is 8.34. The first-order valence-electron chi connectivity index (χ1n) is 13.1. The van der Waals surface area contributed by atoms with Crippen LogP contribution < -0.4 is 0 Å². The zero-order valence-corrected chi connectivity index (χ0v) is 22.0. The zero-order chi connectivity index (χ0) is 27.1. The highest BCUT2D eigenvalue weighted by Gasteiger charge is 2.57. The van der Waals surface area contributed by atoms with Crippen LogP contribution in [0.15, 0.2) is 42.1 Å². The fourth-order valence-corrected chi connectivity index (χ4v) is 6.04. The molecule has 11 atom stereocenters. The highest BCUT2D eigenvalue weighted by molar-refractivity contribution is 5.87. The number of fused-ring (bicyclic) bond motifs is 1. The molecule has 3 unspecified atom stereocenters. The molecule has 3 heterocycles. The average Bonchev–Trinajstić information content (AvgIpc) is 3.48. The van der Waals surface area contributed by atoms with Crippen LogP contribution in [-0.2, 0) is 19.0 Å². The molecule has 2 aliphatic heterocycles. The highest BCUT2D eigenvalue weighted by atomic mass is 16.6. The second-order valence-electron chi connectivity index (χ2n) is 11.0. The molecule has 4 N–H and O–H groups in total. The van der Waals surface area contributed by atoms with Crippen molar-refractivity contribution < 1.29 is 39.1 Å². The van der Waals surface area contributed by atoms with Gasteiger partial charge in [-0.15, -0.1) is 0 Å². The number of H-pyrrole nitrogens is 1. The molecule has 1 fully saturated rings. The van der Waals surface area contributed by atoms with Crippen molar-refractivity contribution in [3.8, 4) is 0 Å². The normalized spacial score (nSPS) is 38.4. The number of hydrogen-bond donors (Lipinski definition) is 4. The molecule has 1 spiro atoms. The number of hydrogen-bond acceptors (Lipinski definition) is 8. The van der Waals surface area contributed by atoms with Crippen molar-refractivity contribution in [2.75, 3.05) is 0 Å². The molecule has 0 radical (unpaired) electrons. The maximum Gasteiger partial charge on any atom is 0.355 e. The number of carbonyl (C=O) groups is 2. The second kappa shape index (κ2) is 10.7. The van der Waals surface area contributed by atoms with Crippen LogP contribution in [0.4, 0.5) is 0 Å². The van der Waals surface area contributed by atoms with E-state index in [0.717, 1.165) is 5.57 Å². The minimum atomic E-state index is -1.39. The van der Waals surface area contributed by atoms with Crippen molar-refractivity contribution in [3.63, 3.8) is 0 Å². The van der Waals surface area contributed by atoms with Crippen molar-refractivity contribution in [1.29, 1.82) is 0 Å². The Labute approximate surface area is 217 Å². The van der Waals surface area contributed by atoms with Crippen LogP contribution in [0.2, 0.25) is 0 Å². The molecular weight excluding hydrogens is 478 g/mol. The average molecular weight is 518 g/mol. The van der Waals surface area contributed by atoms with Crippen LogP contribution in [0.5, 0.6) is 0 Å². The molecular formula is C28H39NO8. The van der Waals surface area contributed by atoms with E-state index < -0.39 is 60.1 Å². The number of rotatable bonds is 6. The molecule has 204 valence electrons. The number of aliphatic hydroxyl groups excluding tert-OH is 3. The number of aromatic amines is 1. The Bertz CT molecular complexity index is 1030. The highest BCUT2D eigenvalue weighted by Crippen LogP contribution is 2.53. The summed E-state index contributed by atoms with van der Waals surface area (Å²) in [5.41, 5.74) is 0.358. The summed E-state index contributed by atoms with van der Waals surface area (Å²) in [6.07, 6.45) is 3.04. The van der Waals surface area contributed by atoms with E-state index in [4.69, 9.17) is 14.2 Å². The van der Waals surface area contributed by atoms with Gasteiger partial charge in [0.15, 0.2) is 6.10 Å². The molecule has 4 rings (SSSR count). The Morgan fingerprint density at radius 2 is 1.95 bits per heavy atom. The van der Waals surface area contributed by atoms with E-state index in [1.807, 2.05) is 39.0 Å². The van der Waals surface area contributed by atoms with E-state index >= 15 is 0 Å². The number of carbonyl (C=O) groups excluding carboxylic acids is 2. The predicted octanol–water partition coefficient (Wildman–Crippen LogP) is 2.53. The van der Waals surface area contributed by atoms with Gasteiger partial charge in [0.2, 0.25) is 0 Å². The van der Waals surface area contributed by atoms with Gasteiger partial charge in [-0.1, -0.05) is 32.1 Å². The van der Waals surface area contributed by atoms with Gasteiger partial charge in [-0.3, -0.25) is 0 Å². The minimum absolute atomic E-state index is 0.0831. The van der Waals surface area contributed by atoms with Crippen LogP contribution in [0.1, 0.15) is 57.9 Å². The topological polar surface area (TPSA) is 138 Å². The van der Waals surface area contributed by atoms with Crippen molar-refractivity contribution in [2.45, 2.75) is 89.7 Å². The van der Waals surface area contributed by atoms with Crippen molar-refractivity contribution in [3.05, 3.63) is 47.8 Å². The van der Waals surface area contributed by atoms with Gasteiger partial charge in [0, 0.05) is 29.9 Å². The fourth-order valence-electron chi connectivity index (χ4n) is 6.04. The summed E-state index contributed by atoms with van der Waals surface area (Å²) >= 11 is 0. The smallest absolute Gasteiger partial charge is 0.355 e. The SMILES string of the molecule is C/C1=C\[C@@H](C)[C@@H](C(C)O)OC(=O)C(O)CC2C=C[C@@H]3C[C@]12O[C@H]3[C@H](OC(=O)c1ccc[nH]1)[C@H](C)[C@H](C)O. The zero-order valence-electron chi connectivity index (χ0n) is 22.0. The molecule has 0 aromatic carbocycles. The summed E-state index contributed by atoms with van der Waals surface area (Å²) in [7, 11) is 0. The predicted molar refractivity (Wildman–Crippen MR) is 134 cm³/mol. The van der Waals surface area contributed by atoms with E-state index in [0.29, 0.717) is 12.1 Å². The Balaban J connectivity index is 1.71. The van der Waals surface area contributed by atoms with Gasteiger partial charge in [-0.05, 0) is 51.3 Å². The molecule has 0 saturated carbocycles. The lowest BCUT2D eigenvalue weighted by Gasteiger charge is -2.41. The van der Waals surface area contributed by atoms with Gasteiger partial charge >= 0.3 is 11.9 Å². The molecule has 9 heteroatoms. The monoisotopic (exact) mass is 517 g/mol.